The molecule has 2 aliphatic rings. The van der Waals surface area contributed by atoms with Gasteiger partial charge in [0.15, 0.2) is 12.4 Å². The predicted octanol–water partition coefficient (Wildman–Crippen LogP) is 20.7. The molecule has 103 heavy (non-hydrogen) atoms. The summed E-state index contributed by atoms with van der Waals surface area (Å²) in [7, 11) is -5.47. The van der Waals surface area contributed by atoms with Gasteiger partial charge in [0.2, 0.25) is 11.8 Å². The lowest BCUT2D eigenvalue weighted by Gasteiger charge is -2.45. The molecular formula is C83H155N2O17P. The third kappa shape index (κ3) is 51.0. The Hall–Kier alpha value is -3.19. The van der Waals surface area contributed by atoms with E-state index in [1.807, 2.05) is 0 Å². The predicted molar refractivity (Wildman–Crippen MR) is 412 cm³/mol. The van der Waals surface area contributed by atoms with Crippen LogP contribution in [0.5, 0.6) is 0 Å². The van der Waals surface area contributed by atoms with E-state index >= 15 is 0 Å². The third-order valence-corrected chi connectivity index (χ3v) is 21.3. The summed E-state index contributed by atoms with van der Waals surface area (Å²) in [5.74, 6) is -2.94. The van der Waals surface area contributed by atoms with Gasteiger partial charge < -0.3 is 53.5 Å². The van der Waals surface area contributed by atoms with Crippen molar-refractivity contribution in [3.8, 4) is 0 Å². The number of phosphoric ester groups is 1. The van der Waals surface area contributed by atoms with Crippen LogP contribution in [0.3, 0.4) is 0 Å². The second kappa shape index (κ2) is 64.8. The van der Waals surface area contributed by atoms with Crippen molar-refractivity contribution >= 4 is 43.5 Å². The van der Waals surface area contributed by atoms with Crippen molar-refractivity contribution in [2.45, 2.75) is 475 Å². The zero-order chi connectivity index (χ0) is 75.2. The minimum Gasteiger partial charge on any atom is -0.462 e. The van der Waals surface area contributed by atoms with Crippen LogP contribution in [0.25, 0.3) is 0 Å². The average Bonchev–Trinajstić information content (AvgIpc) is 0.936. The van der Waals surface area contributed by atoms with Crippen molar-refractivity contribution in [2.75, 3.05) is 19.8 Å². The molecule has 0 spiro atoms. The monoisotopic (exact) mass is 1480 g/mol. The quantitative estimate of drug-likeness (QED) is 0.0191. The second-order valence-corrected chi connectivity index (χ2v) is 31.7. The lowest BCUT2D eigenvalue weighted by atomic mass is 9.95. The third-order valence-electron chi connectivity index (χ3n) is 20.8. The smallest absolute Gasteiger partial charge is 0.462 e. The molecule has 2 rings (SSSR count). The fourth-order valence-electron chi connectivity index (χ4n) is 14.5. The van der Waals surface area contributed by atoms with E-state index < -0.39 is 99.7 Å². The molecular weight excluding hydrogens is 1330 g/mol. The highest BCUT2D eigenvalue weighted by atomic mass is 31.2. The van der Waals surface area contributed by atoms with E-state index in [4.69, 9.17) is 32.9 Å². The highest BCUT2D eigenvalue weighted by Crippen LogP contribution is 2.43. The van der Waals surface area contributed by atoms with Crippen molar-refractivity contribution in [3.63, 3.8) is 0 Å². The summed E-state index contributed by atoms with van der Waals surface area (Å²) in [4.78, 5) is 108. The van der Waals surface area contributed by atoms with Crippen LogP contribution in [0.1, 0.15) is 420 Å². The molecule has 4 N–H and O–H groups in total. The number of nitrogens with one attached hydrogen (secondary N) is 1. The maximum absolute atomic E-state index is 14.9. The number of carbonyl (C=O) groups is 6. The van der Waals surface area contributed by atoms with Crippen LogP contribution in [-0.2, 0) is 66.3 Å². The first-order chi connectivity index (χ1) is 50.0. The first-order valence-electron chi connectivity index (χ1n) is 43.0. The number of aliphatic hydroxyl groups excluding tert-OH is 1. The number of nitrogens with zero attached hydrogens (tertiary/aromatic N) is 1. The van der Waals surface area contributed by atoms with Crippen molar-refractivity contribution < 1.29 is 81.2 Å². The minimum atomic E-state index is -5.47. The molecule has 2 saturated heterocycles. The minimum absolute atomic E-state index is 0.0146. The zero-order valence-electron chi connectivity index (χ0n) is 66.5. The fourth-order valence-corrected chi connectivity index (χ4v) is 15.1. The number of carbonyl (C=O) groups excluding carboxylic acids is 6. The van der Waals surface area contributed by atoms with Crippen molar-refractivity contribution in [2.24, 2.45) is 0 Å². The van der Waals surface area contributed by atoms with Crippen molar-refractivity contribution in [1.29, 1.82) is 0 Å². The number of likely N-dealkylation sites (tertiary alicyclic amines) is 1. The summed E-state index contributed by atoms with van der Waals surface area (Å²) < 4.78 is 56.2. The molecule has 20 heteroatoms. The Bertz CT molecular complexity index is 2150. The van der Waals surface area contributed by atoms with Crippen molar-refractivity contribution in [3.05, 3.63) is 0 Å². The molecule has 0 aromatic rings. The lowest BCUT2D eigenvalue weighted by Crippen LogP contribution is -2.66. The maximum atomic E-state index is 14.9. The second-order valence-electron chi connectivity index (χ2n) is 30.5. The van der Waals surface area contributed by atoms with Gasteiger partial charge in [-0.15, -0.1) is 0 Å². The van der Waals surface area contributed by atoms with E-state index in [9.17, 15) is 48.2 Å². The summed E-state index contributed by atoms with van der Waals surface area (Å²) in [6.45, 7) is 12.5. The van der Waals surface area contributed by atoms with E-state index in [1.54, 1.807) is 4.90 Å². The topological polar surface area (TPSA) is 260 Å². The van der Waals surface area contributed by atoms with Crippen LogP contribution < -0.4 is 5.32 Å². The van der Waals surface area contributed by atoms with Crippen LogP contribution in [0.2, 0.25) is 0 Å². The molecule has 0 aliphatic carbocycles. The zero-order valence-corrected chi connectivity index (χ0v) is 67.4. The molecule has 0 bridgehead atoms. The van der Waals surface area contributed by atoms with E-state index in [-0.39, 0.29) is 50.6 Å². The van der Waals surface area contributed by atoms with Crippen LogP contribution in [0.15, 0.2) is 0 Å². The number of hydrogen-bond donors (Lipinski definition) is 4. The summed E-state index contributed by atoms with van der Waals surface area (Å²) >= 11 is 0. The average molecular weight is 1480 g/mol. The van der Waals surface area contributed by atoms with Crippen molar-refractivity contribution in [1.82, 2.24) is 10.2 Å². The van der Waals surface area contributed by atoms with Crippen LogP contribution in [-0.4, -0.2) is 130 Å². The molecule has 9 atom stereocenters. The highest BCUT2D eigenvalue weighted by Gasteiger charge is 2.53. The van der Waals surface area contributed by atoms with Gasteiger partial charge in [0.05, 0.1) is 38.5 Å². The number of phosphoric acid groups is 1. The van der Waals surface area contributed by atoms with Crippen LogP contribution in [0, 0.1) is 0 Å². The van der Waals surface area contributed by atoms with E-state index in [1.165, 1.54) is 116 Å². The number of hydrogen-bond acceptors (Lipinski definition) is 15. The number of esters is 4. The van der Waals surface area contributed by atoms with Crippen LogP contribution >= 0.6 is 7.82 Å². The van der Waals surface area contributed by atoms with Gasteiger partial charge in [-0.05, 0) is 70.6 Å². The van der Waals surface area contributed by atoms with Gasteiger partial charge in [0.25, 0.3) is 0 Å². The molecule has 2 unspecified atom stereocenters. The lowest BCUT2D eigenvalue weighted by molar-refractivity contribution is -0.273. The fraction of sp³-hybridized carbons (Fsp3) is 0.928. The first-order valence-corrected chi connectivity index (χ1v) is 44.5. The molecule has 0 aromatic carbocycles. The molecule has 0 radical (unpaired) electrons. The molecule has 604 valence electrons. The van der Waals surface area contributed by atoms with Gasteiger partial charge >= 0.3 is 31.7 Å². The Morgan fingerprint density at radius 3 is 1.12 bits per heavy atom. The molecule has 2 amide bonds. The van der Waals surface area contributed by atoms with Gasteiger partial charge in [-0.25, -0.2) is 4.57 Å². The molecule has 0 saturated carbocycles. The standard InChI is InChI=1S/C83H155N2O17P/c1-7-13-19-25-31-34-40-43-49-57-70(97-76(89)60-52-46-37-28-22-16-10-4)64-74(87)84-80-82(101-79(92)66-72(59-51-45-42-36-33-27-21-15-9-3)99-78(91)62-54-48-39-30-24-18-12-6)81(102-103(93,94)95)73(67-86)100-83(80)96-68-69-56-55-63-85(69)75(88)65-71(58-50-44-41-35-32-26-20-14-8-2)98-77(90)61-53-47-38-29-23-17-11-5/h69-73,80-83,86H,7-68H2,1-6H3,(H,84,87)(H2,93,94,95)/t69-,70+,71+,72+,73?,80-,81+,82?,83+/m0/s1. The Kier molecular flexibility index (Phi) is 60.3. The normalized spacial score (nSPS) is 18.6. The Morgan fingerprint density at radius 1 is 0.437 bits per heavy atom. The van der Waals surface area contributed by atoms with Gasteiger partial charge in [0, 0.05) is 25.8 Å². The summed E-state index contributed by atoms with van der Waals surface area (Å²) in [5.41, 5.74) is 0. The van der Waals surface area contributed by atoms with E-state index in [0.29, 0.717) is 64.3 Å². The van der Waals surface area contributed by atoms with Crippen LogP contribution in [0.4, 0.5) is 0 Å². The summed E-state index contributed by atoms with van der Waals surface area (Å²) in [6.07, 6.45) is 43.7. The Morgan fingerprint density at radius 2 is 0.767 bits per heavy atom. The largest absolute Gasteiger partial charge is 0.470 e. The van der Waals surface area contributed by atoms with Gasteiger partial charge in [-0.2, -0.15) is 0 Å². The summed E-state index contributed by atoms with van der Waals surface area (Å²) in [5, 5.41) is 14.0. The highest BCUT2D eigenvalue weighted by molar-refractivity contribution is 7.46. The molecule has 19 nitrogen and oxygen atoms in total. The van der Waals surface area contributed by atoms with Gasteiger partial charge in [-0.1, -0.05) is 311 Å². The van der Waals surface area contributed by atoms with Gasteiger partial charge in [0.1, 0.15) is 36.6 Å². The molecule has 0 aromatic heterocycles. The first kappa shape index (κ1) is 95.9. The molecule has 2 heterocycles. The molecule has 2 fully saturated rings. The number of ether oxygens (including phenoxy) is 6. The Balaban J connectivity index is 2.62. The van der Waals surface area contributed by atoms with E-state index in [2.05, 4.69) is 46.9 Å². The SMILES string of the molecule is CCCCCCCCCCC[C@H](CC(=O)N[C@H]1C(OC(=O)C[C@@H](CCCCCCCCCCC)OC(=O)CCCCCCCCC)[C@H](OP(=O)(O)O)C(CO)O[C@H]1OC[C@@H]1CCCN1C(=O)C[C@@H](CCCCCCCCCCC)OC(=O)CCCCCCCCC)OC(=O)CCCCCCCCC. The van der Waals surface area contributed by atoms with E-state index in [0.717, 1.165) is 167 Å². The molecule has 2 aliphatic heterocycles. The maximum Gasteiger partial charge on any atom is 0.470 e. The number of amides is 2. The number of unbranched alkanes of at least 4 members (excludes halogenated alkanes) is 42. The number of rotatable bonds is 71. The Labute approximate surface area is 627 Å². The number of aliphatic hydroxyl groups is 1. The van der Waals surface area contributed by atoms with Gasteiger partial charge in [-0.3, -0.25) is 33.3 Å². The summed E-state index contributed by atoms with van der Waals surface area (Å²) in [6, 6.07) is -2.10.